The summed E-state index contributed by atoms with van der Waals surface area (Å²) >= 11 is 5.03. The third kappa shape index (κ3) is 2.51. The van der Waals surface area contributed by atoms with Gasteiger partial charge in [0.25, 0.3) is 0 Å². The second-order valence-corrected chi connectivity index (χ2v) is 4.44. The molecule has 0 unspecified atom stereocenters. The van der Waals surface area contributed by atoms with Crippen LogP contribution < -0.4 is 10.5 Å². The van der Waals surface area contributed by atoms with Gasteiger partial charge in [-0.05, 0) is 24.6 Å². The Kier molecular flexibility index (Phi) is 3.62. The summed E-state index contributed by atoms with van der Waals surface area (Å²) in [5, 5.41) is 0. The fourth-order valence-corrected chi connectivity index (χ4v) is 1.97. The molecule has 0 aliphatic rings. The first-order valence-corrected chi connectivity index (χ1v) is 5.97. The SMILES string of the molecule is COc1ccc(Cn2ccnc2C)cc1C(N)=S. The molecule has 2 N–H and O–H groups in total. The number of aryl methyl sites for hydroxylation is 1. The zero-order chi connectivity index (χ0) is 13.1. The lowest BCUT2D eigenvalue weighted by atomic mass is 10.1. The maximum absolute atomic E-state index is 5.69. The van der Waals surface area contributed by atoms with E-state index in [0.29, 0.717) is 10.7 Å². The van der Waals surface area contributed by atoms with Gasteiger partial charge in [0.15, 0.2) is 0 Å². The average molecular weight is 261 g/mol. The summed E-state index contributed by atoms with van der Waals surface area (Å²) in [5.41, 5.74) is 7.57. The van der Waals surface area contributed by atoms with Crippen molar-refractivity contribution in [1.29, 1.82) is 0 Å². The third-order valence-electron chi connectivity index (χ3n) is 2.81. The van der Waals surface area contributed by atoms with Gasteiger partial charge in [0.1, 0.15) is 16.6 Å². The van der Waals surface area contributed by atoms with Crippen LogP contribution in [0.15, 0.2) is 30.6 Å². The number of hydrogen-bond donors (Lipinski definition) is 1. The number of hydrogen-bond acceptors (Lipinski definition) is 3. The monoisotopic (exact) mass is 261 g/mol. The minimum Gasteiger partial charge on any atom is -0.496 e. The summed E-state index contributed by atoms with van der Waals surface area (Å²) in [6, 6.07) is 5.84. The second kappa shape index (κ2) is 5.18. The number of ether oxygens (including phenoxy) is 1. The Morgan fingerprint density at radius 3 is 2.83 bits per heavy atom. The van der Waals surface area contributed by atoms with Crippen LogP contribution in [0.5, 0.6) is 5.75 Å². The van der Waals surface area contributed by atoms with E-state index in [4.69, 9.17) is 22.7 Å². The molecule has 0 aliphatic heterocycles. The number of imidazole rings is 1. The summed E-state index contributed by atoms with van der Waals surface area (Å²) in [7, 11) is 1.61. The largest absolute Gasteiger partial charge is 0.496 e. The Bertz CT molecular complexity index is 577. The number of nitrogens with zero attached hydrogens (tertiary/aromatic N) is 2. The van der Waals surface area contributed by atoms with Crippen molar-refractivity contribution < 1.29 is 4.74 Å². The van der Waals surface area contributed by atoms with Crippen molar-refractivity contribution in [2.24, 2.45) is 5.73 Å². The molecule has 0 amide bonds. The molecule has 18 heavy (non-hydrogen) atoms. The van der Waals surface area contributed by atoms with Gasteiger partial charge in [-0.3, -0.25) is 0 Å². The van der Waals surface area contributed by atoms with E-state index >= 15 is 0 Å². The topological polar surface area (TPSA) is 53.1 Å². The summed E-state index contributed by atoms with van der Waals surface area (Å²) in [6.45, 7) is 2.71. The maximum atomic E-state index is 5.69. The highest BCUT2D eigenvalue weighted by molar-refractivity contribution is 7.80. The van der Waals surface area contributed by atoms with Crippen LogP contribution in [0.4, 0.5) is 0 Å². The fourth-order valence-electron chi connectivity index (χ4n) is 1.81. The molecule has 0 bridgehead atoms. The molecule has 4 nitrogen and oxygen atoms in total. The lowest BCUT2D eigenvalue weighted by Gasteiger charge is -2.10. The molecular formula is C13H15N3OS. The number of aromatic nitrogens is 2. The van der Waals surface area contributed by atoms with Crippen LogP contribution in [-0.4, -0.2) is 21.6 Å². The van der Waals surface area contributed by atoms with Gasteiger partial charge in [-0.15, -0.1) is 0 Å². The number of thiocarbonyl (C=S) groups is 1. The first kappa shape index (κ1) is 12.6. The maximum Gasteiger partial charge on any atom is 0.129 e. The van der Waals surface area contributed by atoms with Crippen LogP contribution in [0, 0.1) is 6.92 Å². The molecule has 0 radical (unpaired) electrons. The highest BCUT2D eigenvalue weighted by Gasteiger charge is 2.07. The number of benzene rings is 1. The predicted octanol–water partition coefficient (Wildman–Crippen LogP) is 1.88. The molecule has 1 aromatic heterocycles. The van der Waals surface area contributed by atoms with Gasteiger partial charge >= 0.3 is 0 Å². The van der Waals surface area contributed by atoms with Crippen molar-refractivity contribution in [3.05, 3.63) is 47.5 Å². The van der Waals surface area contributed by atoms with Crippen molar-refractivity contribution in [1.82, 2.24) is 9.55 Å². The molecule has 5 heteroatoms. The Hall–Kier alpha value is -1.88. The molecule has 2 aromatic rings. The fraction of sp³-hybridized carbons (Fsp3) is 0.231. The molecular weight excluding hydrogens is 246 g/mol. The molecule has 2 rings (SSSR count). The van der Waals surface area contributed by atoms with Crippen LogP contribution in [-0.2, 0) is 6.54 Å². The molecule has 1 heterocycles. The van der Waals surface area contributed by atoms with Gasteiger partial charge in [0.05, 0.1) is 12.7 Å². The van der Waals surface area contributed by atoms with Crippen LogP contribution in [0.2, 0.25) is 0 Å². The van der Waals surface area contributed by atoms with Gasteiger partial charge in [-0.1, -0.05) is 18.3 Å². The molecule has 94 valence electrons. The minimum atomic E-state index is 0.344. The summed E-state index contributed by atoms with van der Waals surface area (Å²) in [5.74, 6) is 1.68. The van der Waals surface area contributed by atoms with Crippen LogP contribution >= 0.6 is 12.2 Å². The highest BCUT2D eigenvalue weighted by atomic mass is 32.1. The number of rotatable bonds is 4. The summed E-state index contributed by atoms with van der Waals surface area (Å²) < 4.78 is 7.29. The highest BCUT2D eigenvalue weighted by Crippen LogP contribution is 2.20. The summed E-state index contributed by atoms with van der Waals surface area (Å²) in [6.07, 6.45) is 3.73. The Labute approximate surface area is 111 Å². The van der Waals surface area contributed by atoms with Crippen molar-refractivity contribution in [2.45, 2.75) is 13.5 Å². The average Bonchev–Trinajstić information content (AvgIpc) is 2.75. The van der Waals surface area contributed by atoms with E-state index in [1.165, 1.54) is 0 Å². The van der Waals surface area contributed by atoms with Crippen molar-refractivity contribution in [2.75, 3.05) is 7.11 Å². The zero-order valence-electron chi connectivity index (χ0n) is 10.4. The normalized spacial score (nSPS) is 10.3. The van der Waals surface area contributed by atoms with E-state index in [0.717, 1.165) is 23.5 Å². The zero-order valence-corrected chi connectivity index (χ0v) is 11.2. The predicted molar refractivity (Wildman–Crippen MR) is 74.9 cm³/mol. The second-order valence-electron chi connectivity index (χ2n) is 4.00. The Morgan fingerprint density at radius 2 is 2.28 bits per heavy atom. The first-order chi connectivity index (χ1) is 8.61. The molecule has 1 aromatic carbocycles. The van der Waals surface area contributed by atoms with Crippen LogP contribution in [0.1, 0.15) is 17.0 Å². The Morgan fingerprint density at radius 1 is 1.50 bits per heavy atom. The number of methoxy groups -OCH3 is 1. The van der Waals surface area contributed by atoms with Crippen LogP contribution in [0.3, 0.4) is 0 Å². The van der Waals surface area contributed by atoms with Crippen LogP contribution in [0.25, 0.3) is 0 Å². The van der Waals surface area contributed by atoms with E-state index in [2.05, 4.69) is 9.55 Å². The Balaban J connectivity index is 2.33. The lowest BCUT2D eigenvalue weighted by Crippen LogP contribution is -2.12. The lowest BCUT2D eigenvalue weighted by molar-refractivity contribution is 0.414. The molecule has 0 fully saturated rings. The number of nitrogens with two attached hydrogens (primary N) is 1. The molecule has 0 saturated heterocycles. The van der Waals surface area contributed by atoms with E-state index in [9.17, 15) is 0 Å². The molecule has 0 spiro atoms. The van der Waals surface area contributed by atoms with Crippen molar-refractivity contribution in [3.63, 3.8) is 0 Å². The van der Waals surface area contributed by atoms with Gasteiger partial charge in [0.2, 0.25) is 0 Å². The van der Waals surface area contributed by atoms with Gasteiger partial charge in [0, 0.05) is 18.9 Å². The quantitative estimate of drug-likeness (QED) is 0.854. The first-order valence-electron chi connectivity index (χ1n) is 5.56. The van der Waals surface area contributed by atoms with Crippen molar-refractivity contribution >= 4 is 17.2 Å². The van der Waals surface area contributed by atoms with Crippen molar-refractivity contribution in [3.8, 4) is 5.75 Å². The third-order valence-corrected chi connectivity index (χ3v) is 3.03. The van der Waals surface area contributed by atoms with E-state index in [-0.39, 0.29) is 0 Å². The van der Waals surface area contributed by atoms with E-state index in [1.807, 2.05) is 31.3 Å². The van der Waals surface area contributed by atoms with Gasteiger partial charge in [-0.2, -0.15) is 0 Å². The van der Waals surface area contributed by atoms with Gasteiger partial charge < -0.3 is 15.0 Å². The molecule has 0 atom stereocenters. The molecule has 0 saturated carbocycles. The minimum absolute atomic E-state index is 0.344. The van der Waals surface area contributed by atoms with E-state index < -0.39 is 0 Å². The van der Waals surface area contributed by atoms with E-state index in [1.54, 1.807) is 13.3 Å². The smallest absolute Gasteiger partial charge is 0.129 e. The molecule has 0 aliphatic carbocycles. The summed E-state index contributed by atoms with van der Waals surface area (Å²) in [4.78, 5) is 4.54. The standard InChI is InChI=1S/C13H15N3OS/c1-9-15-5-6-16(9)8-10-3-4-12(17-2)11(7-10)13(14)18/h3-7H,8H2,1-2H3,(H2,14,18). The van der Waals surface area contributed by atoms with Gasteiger partial charge in [-0.25, -0.2) is 4.98 Å².